The maximum absolute atomic E-state index is 12.1. The van der Waals surface area contributed by atoms with Gasteiger partial charge in [-0.05, 0) is 37.9 Å². The van der Waals surface area contributed by atoms with E-state index in [9.17, 15) is 4.79 Å². The lowest BCUT2D eigenvalue weighted by Gasteiger charge is -2.34. The minimum atomic E-state index is 0.0489. The molecule has 23 heavy (non-hydrogen) atoms. The van der Waals surface area contributed by atoms with E-state index in [4.69, 9.17) is 4.74 Å². The van der Waals surface area contributed by atoms with Crippen LogP contribution in [0.25, 0.3) is 0 Å². The lowest BCUT2D eigenvalue weighted by Crippen LogP contribution is -2.51. The van der Waals surface area contributed by atoms with Crippen molar-refractivity contribution >= 4 is 6.03 Å². The third kappa shape index (κ3) is 5.13. The lowest BCUT2D eigenvalue weighted by atomic mass is 10.1. The molecule has 0 aliphatic carbocycles. The van der Waals surface area contributed by atoms with Crippen LogP contribution >= 0.6 is 0 Å². The number of ether oxygens (including phenoxy) is 1. The highest BCUT2D eigenvalue weighted by atomic mass is 16.5. The number of nitrogens with one attached hydrogen (secondary N) is 1. The van der Waals surface area contributed by atoms with E-state index in [0.29, 0.717) is 13.2 Å². The van der Waals surface area contributed by atoms with E-state index in [1.165, 1.54) is 0 Å². The van der Waals surface area contributed by atoms with Gasteiger partial charge in [-0.3, -0.25) is 0 Å². The Morgan fingerprint density at radius 1 is 1.17 bits per heavy atom. The van der Waals surface area contributed by atoms with Gasteiger partial charge >= 0.3 is 6.03 Å². The van der Waals surface area contributed by atoms with Crippen LogP contribution in [0.5, 0.6) is 5.75 Å². The molecule has 1 aliphatic heterocycles. The number of amides is 2. The molecule has 0 aromatic heterocycles. The van der Waals surface area contributed by atoms with Gasteiger partial charge in [-0.15, -0.1) is 0 Å². The van der Waals surface area contributed by atoms with Gasteiger partial charge in [0.2, 0.25) is 0 Å². The molecule has 1 heterocycles. The fourth-order valence-electron chi connectivity index (χ4n) is 2.85. The second-order valence-electron chi connectivity index (χ2n) is 6.08. The third-order valence-corrected chi connectivity index (χ3v) is 4.36. The average molecular weight is 319 g/mol. The predicted octanol–water partition coefficient (Wildman–Crippen LogP) is 2.42. The summed E-state index contributed by atoms with van der Waals surface area (Å²) in [4.78, 5) is 16.4. The first-order valence-electron chi connectivity index (χ1n) is 8.56. The molecule has 1 fully saturated rings. The van der Waals surface area contributed by atoms with Crippen molar-refractivity contribution in [3.8, 4) is 5.75 Å². The Labute approximate surface area is 139 Å². The van der Waals surface area contributed by atoms with Crippen molar-refractivity contribution in [2.24, 2.45) is 0 Å². The van der Waals surface area contributed by atoms with E-state index < -0.39 is 0 Å². The van der Waals surface area contributed by atoms with Crippen molar-refractivity contribution < 1.29 is 9.53 Å². The predicted molar refractivity (Wildman–Crippen MR) is 93.1 cm³/mol. The molecule has 0 radical (unpaired) electrons. The van der Waals surface area contributed by atoms with Crippen LogP contribution in [0, 0.1) is 13.8 Å². The fraction of sp³-hybridized carbons (Fsp3) is 0.611. The Kier molecular flexibility index (Phi) is 6.71. The van der Waals surface area contributed by atoms with Crippen molar-refractivity contribution in [3.05, 3.63) is 29.3 Å². The van der Waals surface area contributed by atoms with Gasteiger partial charge in [-0.1, -0.05) is 25.1 Å². The highest BCUT2D eigenvalue weighted by Crippen LogP contribution is 2.22. The molecular formula is C18H29N3O2. The van der Waals surface area contributed by atoms with Crippen molar-refractivity contribution in [1.82, 2.24) is 15.1 Å². The summed E-state index contributed by atoms with van der Waals surface area (Å²) in [7, 11) is 0. The number of aryl methyl sites for hydroxylation is 2. The quantitative estimate of drug-likeness (QED) is 0.819. The first kappa shape index (κ1) is 17.6. The van der Waals surface area contributed by atoms with Gasteiger partial charge in [-0.2, -0.15) is 0 Å². The van der Waals surface area contributed by atoms with Crippen LogP contribution in [0.15, 0.2) is 18.2 Å². The summed E-state index contributed by atoms with van der Waals surface area (Å²) in [5.41, 5.74) is 2.31. The molecule has 128 valence electrons. The number of carbonyl (C=O) groups is 1. The summed E-state index contributed by atoms with van der Waals surface area (Å²) in [6.45, 7) is 12.2. The molecule has 2 amide bonds. The van der Waals surface area contributed by atoms with Crippen LogP contribution in [0.3, 0.4) is 0 Å². The molecular weight excluding hydrogens is 290 g/mol. The number of nitrogens with zero attached hydrogens (tertiary/aromatic N) is 2. The van der Waals surface area contributed by atoms with Crippen LogP contribution in [0.2, 0.25) is 0 Å². The van der Waals surface area contributed by atoms with Gasteiger partial charge in [0.1, 0.15) is 5.75 Å². The molecule has 0 spiro atoms. The van der Waals surface area contributed by atoms with Crippen molar-refractivity contribution in [3.63, 3.8) is 0 Å². The number of likely N-dealkylation sites (N-methyl/N-ethyl adjacent to an activating group) is 1. The minimum absolute atomic E-state index is 0.0489. The number of hydrogen-bond acceptors (Lipinski definition) is 3. The van der Waals surface area contributed by atoms with Crippen LogP contribution in [0.4, 0.5) is 4.79 Å². The van der Waals surface area contributed by atoms with Gasteiger partial charge in [0.15, 0.2) is 0 Å². The van der Waals surface area contributed by atoms with E-state index in [-0.39, 0.29) is 6.03 Å². The Balaban J connectivity index is 1.63. The summed E-state index contributed by atoms with van der Waals surface area (Å²) >= 11 is 0. The van der Waals surface area contributed by atoms with Gasteiger partial charge in [0.25, 0.3) is 0 Å². The number of rotatable bonds is 6. The lowest BCUT2D eigenvalue weighted by molar-refractivity contribution is 0.142. The third-order valence-electron chi connectivity index (χ3n) is 4.36. The molecule has 1 aromatic carbocycles. The Morgan fingerprint density at radius 2 is 1.83 bits per heavy atom. The Morgan fingerprint density at radius 3 is 2.43 bits per heavy atom. The monoisotopic (exact) mass is 319 g/mol. The summed E-state index contributed by atoms with van der Waals surface area (Å²) in [5.74, 6) is 0.967. The van der Waals surface area contributed by atoms with Crippen LogP contribution in [0.1, 0.15) is 24.5 Å². The molecule has 1 saturated heterocycles. The zero-order valence-electron chi connectivity index (χ0n) is 14.6. The first-order valence-corrected chi connectivity index (χ1v) is 8.56. The van der Waals surface area contributed by atoms with E-state index in [1.54, 1.807) is 0 Å². The molecule has 0 atom stereocenters. The number of para-hydroxylation sites is 1. The Hall–Kier alpha value is -1.75. The molecule has 0 saturated carbocycles. The number of piperazine rings is 1. The maximum Gasteiger partial charge on any atom is 0.317 e. The topological polar surface area (TPSA) is 44.8 Å². The molecule has 1 aromatic rings. The van der Waals surface area contributed by atoms with Crippen LogP contribution in [-0.2, 0) is 0 Å². The number of hydrogen-bond donors (Lipinski definition) is 1. The maximum atomic E-state index is 12.1. The van der Waals surface area contributed by atoms with Crippen molar-refractivity contribution in [2.75, 3.05) is 45.9 Å². The summed E-state index contributed by atoms with van der Waals surface area (Å²) in [5, 5.41) is 2.99. The molecule has 2 rings (SSSR count). The molecule has 5 heteroatoms. The average Bonchev–Trinajstić information content (AvgIpc) is 2.56. The van der Waals surface area contributed by atoms with Gasteiger partial charge in [0, 0.05) is 32.7 Å². The number of urea groups is 1. The second-order valence-corrected chi connectivity index (χ2v) is 6.08. The van der Waals surface area contributed by atoms with Gasteiger partial charge in [-0.25, -0.2) is 4.79 Å². The van der Waals surface area contributed by atoms with Gasteiger partial charge < -0.3 is 19.9 Å². The highest BCUT2D eigenvalue weighted by Gasteiger charge is 2.19. The Bertz CT molecular complexity index is 491. The first-order chi connectivity index (χ1) is 11.1. The summed E-state index contributed by atoms with van der Waals surface area (Å²) < 4.78 is 5.85. The number of benzene rings is 1. The highest BCUT2D eigenvalue weighted by molar-refractivity contribution is 5.74. The molecule has 0 unspecified atom stereocenters. The normalized spacial score (nSPS) is 15.5. The van der Waals surface area contributed by atoms with Crippen molar-refractivity contribution in [1.29, 1.82) is 0 Å². The fourth-order valence-corrected chi connectivity index (χ4v) is 2.85. The van der Waals surface area contributed by atoms with E-state index in [2.05, 4.69) is 43.1 Å². The zero-order chi connectivity index (χ0) is 16.7. The summed E-state index contributed by atoms with van der Waals surface area (Å²) in [6, 6.07) is 6.20. The second kappa shape index (κ2) is 8.77. The smallest absolute Gasteiger partial charge is 0.317 e. The summed E-state index contributed by atoms with van der Waals surface area (Å²) in [6.07, 6.45) is 0.814. The molecule has 5 nitrogen and oxygen atoms in total. The standard InChI is InChI=1S/C18H29N3O2/c1-4-20-10-12-21(13-11-20)18(22)19-9-6-14-23-17-15(2)7-5-8-16(17)3/h5,7-8H,4,6,9-14H2,1-3H3,(H,19,22). The van der Waals surface area contributed by atoms with E-state index >= 15 is 0 Å². The van der Waals surface area contributed by atoms with E-state index in [1.807, 2.05) is 11.0 Å². The zero-order valence-corrected chi connectivity index (χ0v) is 14.6. The van der Waals surface area contributed by atoms with Crippen LogP contribution in [-0.4, -0.2) is 61.7 Å². The number of carbonyl (C=O) groups excluding carboxylic acids is 1. The van der Waals surface area contributed by atoms with Crippen LogP contribution < -0.4 is 10.1 Å². The minimum Gasteiger partial charge on any atom is -0.493 e. The van der Waals surface area contributed by atoms with E-state index in [0.717, 1.165) is 56.0 Å². The molecule has 1 N–H and O–H groups in total. The molecule has 1 aliphatic rings. The van der Waals surface area contributed by atoms with Gasteiger partial charge in [0.05, 0.1) is 6.61 Å². The SMILES string of the molecule is CCN1CCN(C(=O)NCCCOc2c(C)cccc2C)CC1. The van der Waals surface area contributed by atoms with Crippen molar-refractivity contribution in [2.45, 2.75) is 27.2 Å². The largest absolute Gasteiger partial charge is 0.493 e. The molecule has 0 bridgehead atoms.